The average molecular weight is 242 g/mol. The molecule has 2 rings (SSSR count). The van der Waals surface area contributed by atoms with Crippen LogP contribution in [0.3, 0.4) is 0 Å². The second-order valence-corrected chi connectivity index (χ2v) is 4.33. The molecule has 0 aliphatic heterocycles. The van der Waals surface area contributed by atoms with Crippen LogP contribution in [-0.4, -0.2) is 34.6 Å². The largest absolute Gasteiger partial charge is 0.354 e. The maximum absolute atomic E-state index is 5.87. The van der Waals surface area contributed by atoms with Gasteiger partial charge in [-0.1, -0.05) is 6.92 Å². The van der Waals surface area contributed by atoms with Crippen molar-refractivity contribution in [2.45, 2.75) is 32.2 Å². The van der Waals surface area contributed by atoms with Gasteiger partial charge in [0, 0.05) is 19.6 Å². The van der Waals surface area contributed by atoms with Gasteiger partial charge in [0.15, 0.2) is 0 Å². The predicted molar refractivity (Wildman–Crippen MR) is 65.0 cm³/mol. The van der Waals surface area contributed by atoms with Gasteiger partial charge in [0.25, 0.3) is 0 Å². The zero-order valence-electron chi connectivity index (χ0n) is 9.57. The molecule has 1 aliphatic carbocycles. The van der Waals surface area contributed by atoms with E-state index in [4.69, 9.17) is 11.6 Å². The highest BCUT2D eigenvalue weighted by Gasteiger charge is 2.28. The van der Waals surface area contributed by atoms with Crippen molar-refractivity contribution < 1.29 is 0 Å². The average Bonchev–Trinajstić information content (AvgIpc) is 3.08. The lowest BCUT2D eigenvalue weighted by atomic mass is 10.5. The number of nitrogens with one attached hydrogen (secondary N) is 1. The molecule has 1 aromatic heterocycles. The fourth-order valence-electron chi connectivity index (χ4n) is 1.44. The van der Waals surface area contributed by atoms with Crippen LogP contribution < -0.4 is 10.2 Å². The van der Waals surface area contributed by atoms with Crippen LogP contribution in [0.15, 0.2) is 0 Å². The molecule has 0 radical (unpaired) electrons. The molecular weight excluding hydrogens is 226 g/mol. The highest BCUT2D eigenvalue weighted by molar-refractivity contribution is 6.28. The Bertz CT molecular complexity index is 366. The van der Waals surface area contributed by atoms with Crippen LogP contribution in [0, 0.1) is 0 Å². The number of rotatable bonds is 5. The molecule has 6 heteroatoms. The summed E-state index contributed by atoms with van der Waals surface area (Å²) in [6.45, 7) is 2.93. The van der Waals surface area contributed by atoms with E-state index in [1.165, 1.54) is 12.8 Å². The highest BCUT2D eigenvalue weighted by atomic mass is 35.5. The van der Waals surface area contributed by atoms with Gasteiger partial charge in [-0.25, -0.2) is 0 Å². The minimum atomic E-state index is 0.246. The Morgan fingerprint density at radius 2 is 2.12 bits per heavy atom. The standard InChI is InChI=1S/C10H16ClN5/c1-3-6-12-9-13-8(11)14-10(15-9)16(2)7-4-5-7/h7H,3-6H2,1-2H3,(H,12,13,14,15). The van der Waals surface area contributed by atoms with Gasteiger partial charge in [-0.05, 0) is 30.9 Å². The molecule has 1 aliphatic rings. The first-order chi connectivity index (χ1) is 7.70. The van der Waals surface area contributed by atoms with Gasteiger partial charge in [-0.3, -0.25) is 0 Å². The third-order valence-corrected chi connectivity index (χ3v) is 2.71. The van der Waals surface area contributed by atoms with Crippen LogP contribution in [0.2, 0.25) is 5.28 Å². The minimum Gasteiger partial charge on any atom is -0.354 e. The summed E-state index contributed by atoms with van der Waals surface area (Å²) in [5, 5.41) is 3.36. The smallest absolute Gasteiger partial charge is 0.231 e. The monoisotopic (exact) mass is 241 g/mol. The zero-order valence-corrected chi connectivity index (χ0v) is 10.3. The number of aromatic nitrogens is 3. The third kappa shape index (κ3) is 2.72. The van der Waals surface area contributed by atoms with Crippen molar-refractivity contribution in [2.75, 3.05) is 23.8 Å². The van der Waals surface area contributed by atoms with Crippen molar-refractivity contribution in [2.24, 2.45) is 0 Å². The number of hydrogen-bond acceptors (Lipinski definition) is 5. The van der Waals surface area contributed by atoms with E-state index in [-0.39, 0.29) is 5.28 Å². The molecule has 1 heterocycles. The Morgan fingerprint density at radius 3 is 2.75 bits per heavy atom. The minimum absolute atomic E-state index is 0.246. The molecule has 0 bridgehead atoms. The summed E-state index contributed by atoms with van der Waals surface area (Å²) >= 11 is 5.87. The van der Waals surface area contributed by atoms with Crippen molar-refractivity contribution in [3.05, 3.63) is 5.28 Å². The lowest BCUT2D eigenvalue weighted by Gasteiger charge is -2.16. The SMILES string of the molecule is CCCNc1nc(Cl)nc(N(C)C2CC2)n1. The molecule has 0 amide bonds. The van der Waals surface area contributed by atoms with Crippen molar-refractivity contribution in [3.63, 3.8) is 0 Å². The Kier molecular flexibility index (Phi) is 3.43. The van der Waals surface area contributed by atoms with Gasteiger partial charge in [0.2, 0.25) is 17.2 Å². The summed E-state index contributed by atoms with van der Waals surface area (Å²) in [4.78, 5) is 14.6. The van der Waals surface area contributed by atoms with E-state index in [0.29, 0.717) is 17.9 Å². The summed E-state index contributed by atoms with van der Waals surface area (Å²) in [7, 11) is 1.99. The van der Waals surface area contributed by atoms with E-state index in [2.05, 4.69) is 32.1 Å². The summed E-state index contributed by atoms with van der Waals surface area (Å²) < 4.78 is 0. The van der Waals surface area contributed by atoms with E-state index < -0.39 is 0 Å². The topological polar surface area (TPSA) is 53.9 Å². The molecular formula is C10H16ClN5. The van der Waals surface area contributed by atoms with E-state index in [9.17, 15) is 0 Å². The van der Waals surface area contributed by atoms with Gasteiger partial charge in [-0.2, -0.15) is 15.0 Å². The molecule has 0 aromatic carbocycles. The van der Waals surface area contributed by atoms with Crippen molar-refractivity contribution in [1.82, 2.24) is 15.0 Å². The van der Waals surface area contributed by atoms with E-state index in [0.717, 1.165) is 13.0 Å². The van der Waals surface area contributed by atoms with Crippen LogP contribution in [0.25, 0.3) is 0 Å². The van der Waals surface area contributed by atoms with Crippen LogP contribution in [0.4, 0.5) is 11.9 Å². The summed E-state index contributed by atoms with van der Waals surface area (Å²) in [6, 6.07) is 0.567. The zero-order chi connectivity index (χ0) is 11.5. The van der Waals surface area contributed by atoms with Crippen LogP contribution >= 0.6 is 11.6 Å². The summed E-state index contributed by atoms with van der Waals surface area (Å²) in [5.74, 6) is 1.21. The van der Waals surface area contributed by atoms with E-state index >= 15 is 0 Å². The number of halogens is 1. The maximum atomic E-state index is 5.87. The predicted octanol–water partition coefficient (Wildman–Crippen LogP) is 1.95. The first kappa shape index (κ1) is 11.4. The molecule has 0 unspecified atom stereocenters. The van der Waals surface area contributed by atoms with Crippen molar-refractivity contribution in [1.29, 1.82) is 0 Å². The van der Waals surface area contributed by atoms with E-state index in [1.807, 2.05) is 7.05 Å². The molecule has 5 nitrogen and oxygen atoms in total. The lowest BCUT2D eigenvalue weighted by Crippen LogP contribution is -2.23. The normalized spacial score (nSPS) is 14.9. The summed E-state index contributed by atoms with van der Waals surface area (Å²) in [6.07, 6.45) is 3.44. The van der Waals surface area contributed by atoms with Crippen molar-refractivity contribution in [3.8, 4) is 0 Å². The van der Waals surface area contributed by atoms with Gasteiger partial charge in [0.05, 0.1) is 0 Å². The molecule has 0 spiro atoms. The summed E-state index contributed by atoms with van der Waals surface area (Å²) in [5.41, 5.74) is 0. The van der Waals surface area contributed by atoms with E-state index in [1.54, 1.807) is 0 Å². The molecule has 1 N–H and O–H groups in total. The maximum Gasteiger partial charge on any atom is 0.231 e. The fourth-order valence-corrected chi connectivity index (χ4v) is 1.59. The lowest BCUT2D eigenvalue weighted by molar-refractivity contribution is 0.843. The molecule has 88 valence electrons. The quantitative estimate of drug-likeness (QED) is 0.854. The Balaban J connectivity index is 2.14. The molecule has 1 fully saturated rings. The second kappa shape index (κ2) is 4.82. The molecule has 16 heavy (non-hydrogen) atoms. The third-order valence-electron chi connectivity index (χ3n) is 2.54. The Labute approximate surface area is 100 Å². The number of anilines is 2. The molecule has 1 saturated carbocycles. The molecule has 0 saturated heterocycles. The Morgan fingerprint density at radius 1 is 1.38 bits per heavy atom. The van der Waals surface area contributed by atoms with Gasteiger partial charge >= 0.3 is 0 Å². The first-order valence-corrected chi connectivity index (χ1v) is 5.96. The van der Waals surface area contributed by atoms with Crippen LogP contribution in [-0.2, 0) is 0 Å². The Hall–Kier alpha value is -1.10. The van der Waals surface area contributed by atoms with Crippen LogP contribution in [0.1, 0.15) is 26.2 Å². The van der Waals surface area contributed by atoms with Gasteiger partial charge in [0.1, 0.15) is 0 Å². The number of hydrogen-bond donors (Lipinski definition) is 1. The fraction of sp³-hybridized carbons (Fsp3) is 0.700. The van der Waals surface area contributed by atoms with Crippen molar-refractivity contribution >= 4 is 23.5 Å². The second-order valence-electron chi connectivity index (χ2n) is 4.00. The molecule has 0 atom stereocenters. The number of nitrogens with zero attached hydrogens (tertiary/aromatic N) is 4. The highest BCUT2D eigenvalue weighted by Crippen LogP contribution is 2.28. The van der Waals surface area contributed by atoms with Gasteiger partial charge in [-0.15, -0.1) is 0 Å². The van der Waals surface area contributed by atoms with Gasteiger partial charge < -0.3 is 10.2 Å². The van der Waals surface area contributed by atoms with Crippen LogP contribution in [0.5, 0.6) is 0 Å². The first-order valence-electron chi connectivity index (χ1n) is 5.59. The molecule has 1 aromatic rings.